The van der Waals surface area contributed by atoms with Gasteiger partial charge in [-0.05, 0) is 18.2 Å². The van der Waals surface area contributed by atoms with Crippen LogP contribution in [0.5, 0.6) is 0 Å². The highest BCUT2D eigenvalue weighted by Gasteiger charge is 2.12. The summed E-state index contributed by atoms with van der Waals surface area (Å²) in [4.78, 5) is 26.0. The standard InChI is InChI=1S/C11H10FN5O3/c1-17-10(13-5-14-17)16-11(20)15-6-2-3-7(9(18)19)8(12)4-6/h2-5H,1H3,(H,18,19)(H2,13,14,15,16,20). The van der Waals surface area contributed by atoms with Gasteiger partial charge in [-0.3, -0.25) is 5.32 Å². The van der Waals surface area contributed by atoms with Gasteiger partial charge in [0.15, 0.2) is 0 Å². The number of anilines is 2. The molecular formula is C11H10FN5O3. The number of aromatic carboxylic acids is 1. The molecule has 1 heterocycles. The van der Waals surface area contributed by atoms with Crippen LogP contribution < -0.4 is 10.6 Å². The second kappa shape index (κ2) is 5.34. The average Bonchev–Trinajstić information content (AvgIpc) is 2.74. The third kappa shape index (κ3) is 2.88. The number of amides is 2. The molecule has 0 aliphatic heterocycles. The van der Waals surface area contributed by atoms with Crippen molar-refractivity contribution in [3.8, 4) is 0 Å². The number of carbonyl (C=O) groups is 2. The summed E-state index contributed by atoms with van der Waals surface area (Å²) in [7, 11) is 1.59. The number of carboxylic acid groups (broad SMARTS) is 1. The fraction of sp³-hybridized carbons (Fsp3) is 0.0909. The molecule has 0 unspecified atom stereocenters. The van der Waals surface area contributed by atoms with Crippen LogP contribution in [-0.4, -0.2) is 31.9 Å². The molecule has 0 fully saturated rings. The molecule has 0 saturated heterocycles. The number of aromatic nitrogens is 3. The van der Waals surface area contributed by atoms with E-state index in [2.05, 4.69) is 20.7 Å². The number of benzene rings is 1. The predicted molar refractivity (Wildman–Crippen MR) is 67.0 cm³/mol. The fourth-order valence-electron chi connectivity index (χ4n) is 1.44. The quantitative estimate of drug-likeness (QED) is 0.784. The van der Waals surface area contributed by atoms with Gasteiger partial charge in [0.2, 0.25) is 5.95 Å². The molecule has 0 bridgehead atoms. The predicted octanol–water partition coefficient (Wildman–Crippen LogP) is 1.30. The molecule has 8 nitrogen and oxygen atoms in total. The molecule has 1 aromatic carbocycles. The highest BCUT2D eigenvalue weighted by molar-refractivity contribution is 5.99. The van der Waals surface area contributed by atoms with Gasteiger partial charge >= 0.3 is 12.0 Å². The van der Waals surface area contributed by atoms with E-state index in [1.807, 2.05) is 0 Å². The van der Waals surface area contributed by atoms with E-state index in [0.29, 0.717) is 0 Å². The van der Waals surface area contributed by atoms with Crippen LogP contribution in [0.3, 0.4) is 0 Å². The summed E-state index contributed by atoms with van der Waals surface area (Å²) < 4.78 is 14.8. The third-order valence-electron chi connectivity index (χ3n) is 2.39. The zero-order chi connectivity index (χ0) is 14.7. The van der Waals surface area contributed by atoms with E-state index in [-0.39, 0.29) is 11.6 Å². The lowest BCUT2D eigenvalue weighted by Crippen LogP contribution is -2.21. The number of hydrogen-bond donors (Lipinski definition) is 3. The molecule has 0 radical (unpaired) electrons. The first kappa shape index (κ1) is 13.5. The second-order valence-electron chi connectivity index (χ2n) is 3.79. The Balaban J connectivity index is 2.07. The minimum Gasteiger partial charge on any atom is -0.478 e. The fourth-order valence-corrected chi connectivity index (χ4v) is 1.44. The van der Waals surface area contributed by atoms with Gasteiger partial charge in [0, 0.05) is 12.7 Å². The third-order valence-corrected chi connectivity index (χ3v) is 2.39. The number of carboxylic acids is 1. The Morgan fingerprint density at radius 3 is 2.65 bits per heavy atom. The van der Waals surface area contributed by atoms with Crippen molar-refractivity contribution >= 4 is 23.6 Å². The van der Waals surface area contributed by atoms with Crippen LogP contribution >= 0.6 is 0 Å². The molecule has 3 N–H and O–H groups in total. The first-order chi connectivity index (χ1) is 9.47. The van der Waals surface area contributed by atoms with Crippen LogP contribution in [-0.2, 0) is 7.05 Å². The molecule has 0 aliphatic carbocycles. The molecule has 2 amide bonds. The Bertz CT molecular complexity index is 670. The summed E-state index contributed by atoms with van der Waals surface area (Å²) in [5.74, 6) is -2.10. The molecule has 2 aromatic rings. The van der Waals surface area contributed by atoms with Crippen LogP contribution in [0.4, 0.5) is 20.8 Å². The Morgan fingerprint density at radius 2 is 2.10 bits per heavy atom. The Hall–Kier alpha value is -2.97. The smallest absolute Gasteiger partial charge is 0.338 e. The zero-order valence-electron chi connectivity index (χ0n) is 10.3. The summed E-state index contributed by atoms with van der Waals surface area (Å²) in [5, 5.41) is 17.2. The van der Waals surface area contributed by atoms with Gasteiger partial charge in [0.1, 0.15) is 12.1 Å². The highest BCUT2D eigenvalue weighted by atomic mass is 19.1. The van der Waals surface area contributed by atoms with Gasteiger partial charge in [-0.1, -0.05) is 0 Å². The lowest BCUT2D eigenvalue weighted by molar-refractivity contribution is 0.0692. The van der Waals surface area contributed by atoms with Gasteiger partial charge in [-0.2, -0.15) is 10.1 Å². The summed E-state index contributed by atoms with van der Waals surface area (Å²) in [5.41, 5.74) is -0.351. The number of carbonyl (C=O) groups excluding carboxylic acids is 1. The highest BCUT2D eigenvalue weighted by Crippen LogP contribution is 2.14. The van der Waals surface area contributed by atoms with Gasteiger partial charge in [0.25, 0.3) is 0 Å². The van der Waals surface area contributed by atoms with Crippen LogP contribution in [0, 0.1) is 5.82 Å². The second-order valence-corrected chi connectivity index (χ2v) is 3.79. The normalized spacial score (nSPS) is 10.1. The number of halogens is 1. The van der Waals surface area contributed by atoms with Crippen molar-refractivity contribution < 1.29 is 19.1 Å². The maximum Gasteiger partial charge on any atom is 0.338 e. The van der Waals surface area contributed by atoms with Crippen molar-refractivity contribution in [2.45, 2.75) is 0 Å². The number of rotatable bonds is 3. The minimum absolute atomic E-state index is 0.118. The summed E-state index contributed by atoms with van der Waals surface area (Å²) >= 11 is 0. The van der Waals surface area contributed by atoms with Crippen molar-refractivity contribution in [3.05, 3.63) is 35.9 Å². The van der Waals surface area contributed by atoms with Crippen molar-refractivity contribution in [1.82, 2.24) is 14.8 Å². The van der Waals surface area contributed by atoms with E-state index in [1.54, 1.807) is 7.05 Å². The lowest BCUT2D eigenvalue weighted by Gasteiger charge is -2.07. The van der Waals surface area contributed by atoms with Crippen LogP contribution in [0.15, 0.2) is 24.5 Å². The van der Waals surface area contributed by atoms with E-state index in [0.717, 1.165) is 12.1 Å². The molecule has 0 atom stereocenters. The van der Waals surface area contributed by atoms with E-state index < -0.39 is 23.4 Å². The Morgan fingerprint density at radius 1 is 1.35 bits per heavy atom. The molecular weight excluding hydrogens is 269 g/mol. The number of urea groups is 1. The van der Waals surface area contributed by atoms with Crippen LogP contribution in [0.25, 0.3) is 0 Å². The van der Waals surface area contributed by atoms with Crippen molar-refractivity contribution in [3.63, 3.8) is 0 Å². The zero-order valence-corrected chi connectivity index (χ0v) is 10.3. The number of aryl methyl sites for hydroxylation is 1. The molecule has 0 spiro atoms. The average molecular weight is 279 g/mol. The first-order valence-electron chi connectivity index (χ1n) is 5.42. The van der Waals surface area contributed by atoms with Gasteiger partial charge in [-0.15, -0.1) is 0 Å². The van der Waals surface area contributed by atoms with E-state index >= 15 is 0 Å². The summed E-state index contributed by atoms with van der Waals surface area (Å²) in [6.45, 7) is 0. The molecule has 20 heavy (non-hydrogen) atoms. The van der Waals surface area contributed by atoms with Crippen molar-refractivity contribution in [2.24, 2.45) is 7.05 Å². The van der Waals surface area contributed by atoms with Crippen molar-refractivity contribution in [1.29, 1.82) is 0 Å². The van der Waals surface area contributed by atoms with Crippen LogP contribution in [0.1, 0.15) is 10.4 Å². The monoisotopic (exact) mass is 279 g/mol. The maximum atomic E-state index is 13.4. The molecule has 2 rings (SSSR count). The number of hydrogen-bond acceptors (Lipinski definition) is 4. The van der Waals surface area contributed by atoms with Gasteiger partial charge < -0.3 is 10.4 Å². The Kier molecular flexibility index (Phi) is 3.60. The lowest BCUT2D eigenvalue weighted by atomic mass is 10.2. The molecule has 104 valence electrons. The topological polar surface area (TPSA) is 109 Å². The van der Waals surface area contributed by atoms with Crippen LogP contribution in [0.2, 0.25) is 0 Å². The first-order valence-corrected chi connectivity index (χ1v) is 5.42. The maximum absolute atomic E-state index is 13.4. The van der Waals surface area contributed by atoms with E-state index in [9.17, 15) is 14.0 Å². The number of nitrogens with one attached hydrogen (secondary N) is 2. The number of nitrogens with zero attached hydrogens (tertiary/aromatic N) is 3. The largest absolute Gasteiger partial charge is 0.478 e. The molecule has 0 saturated carbocycles. The molecule has 1 aromatic heterocycles. The van der Waals surface area contributed by atoms with Gasteiger partial charge in [0.05, 0.1) is 5.56 Å². The molecule has 0 aliphatic rings. The summed E-state index contributed by atoms with van der Waals surface area (Å²) in [6.07, 6.45) is 1.26. The minimum atomic E-state index is -1.38. The van der Waals surface area contributed by atoms with E-state index in [1.165, 1.54) is 17.1 Å². The summed E-state index contributed by atoms with van der Waals surface area (Å²) in [6, 6.07) is 2.61. The van der Waals surface area contributed by atoms with E-state index in [4.69, 9.17) is 5.11 Å². The van der Waals surface area contributed by atoms with Crippen molar-refractivity contribution in [2.75, 3.05) is 10.6 Å². The van der Waals surface area contributed by atoms with Gasteiger partial charge in [-0.25, -0.2) is 18.7 Å². The molecule has 9 heteroatoms. The Labute approximate surface area is 112 Å². The SMILES string of the molecule is Cn1ncnc1NC(=O)Nc1ccc(C(=O)O)c(F)c1.